The van der Waals surface area contributed by atoms with Gasteiger partial charge >= 0.3 is 0 Å². The topological polar surface area (TPSA) is 110 Å². The van der Waals surface area contributed by atoms with E-state index in [-0.39, 0.29) is 31.3 Å². The standard InChI is InChI=1S/C22H29ClO6/c23-15-6-5-7-17(12-15)29-14-16(24)10-11-19-18(20(25)13-21(19)26)8-3-1-2-4-9-22(27)28/h1,3,5-7,10-12,16,18-21,24-26H,2,4,8-9,13-14H2,(H,27,28)/p-1/t16?,18-,19-,20+,21-/m1/s1. The minimum Gasteiger partial charge on any atom is -0.550 e. The summed E-state index contributed by atoms with van der Waals surface area (Å²) in [5.74, 6) is -0.947. The molecule has 0 saturated heterocycles. The van der Waals surface area contributed by atoms with Crippen LogP contribution in [0.25, 0.3) is 0 Å². The van der Waals surface area contributed by atoms with Crippen LogP contribution in [-0.2, 0) is 4.79 Å². The van der Waals surface area contributed by atoms with Crippen molar-refractivity contribution in [3.63, 3.8) is 0 Å². The Bertz CT molecular complexity index is 704. The van der Waals surface area contributed by atoms with Crippen LogP contribution in [0, 0.1) is 11.8 Å². The lowest BCUT2D eigenvalue weighted by Gasteiger charge is -2.19. The van der Waals surface area contributed by atoms with Crippen molar-refractivity contribution in [2.75, 3.05) is 6.61 Å². The smallest absolute Gasteiger partial charge is 0.120 e. The van der Waals surface area contributed by atoms with Gasteiger partial charge in [0.05, 0.1) is 12.2 Å². The minimum atomic E-state index is -1.06. The SMILES string of the molecule is O=C([O-])CCCC=CC[C@@H]1[C@@H](C=CC(O)COc2cccc(Cl)c2)[C@H](O)C[C@@H]1O. The van der Waals surface area contributed by atoms with Gasteiger partial charge in [-0.05, 0) is 49.8 Å². The number of rotatable bonds is 11. The van der Waals surface area contributed by atoms with E-state index in [0.717, 1.165) is 0 Å². The van der Waals surface area contributed by atoms with Gasteiger partial charge in [0.2, 0.25) is 0 Å². The predicted molar refractivity (Wildman–Crippen MR) is 108 cm³/mol. The van der Waals surface area contributed by atoms with Gasteiger partial charge in [-0.1, -0.05) is 42.0 Å². The largest absolute Gasteiger partial charge is 0.550 e. The number of carbonyl (C=O) groups is 1. The summed E-state index contributed by atoms with van der Waals surface area (Å²) in [6.07, 6.45) is 6.93. The number of halogens is 1. The van der Waals surface area contributed by atoms with E-state index in [1.54, 1.807) is 36.4 Å². The Balaban J connectivity index is 1.83. The summed E-state index contributed by atoms with van der Waals surface area (Å²) in [7, 11) is 0. The Morgan fingerprint density at radius 1 is 1.31 bits per heavy atom. The molecule has 3 N–H and O–H groups in total. The quantitative estimate of drug-likeness (QED) is 0.370. The van der Waals surface area contributed by atoms with Crippen LogP contribution in [0.15, 0.2) is 48.6 Å². The van der Waals surface area contributed by atoms with Crippen molar-refractivity contribution in [1.29, 1.82) is 0 Å². The maximum atomic E-state index is 10.4. The van der Waals surface area contributed by atoms with Crippen molar-refractivity contribution >= 4 is 17.6 Å². The zero-order valence-electron chi connectivity index (χ0n) is 16.2. The molecule has 0 radical (unpaired) electrons. The van der Waals surface area contributed by atoms with E-state index >= 15 is 0 Å². The molecule has 29 heavy (non-hydrogen) atoms. The van der Waals surface area contributed by atoms with Crippen molar-refractivity contribution in [3.8, 4) is 5.75 Å². The van der Waals surface area contributed by atoms with E-state index in [0.29, 0.717) is 30.0 Å². The van der Waals surface area contributed by atoms with Gasteiger partial charge in [-0.25, -0.2) is 0 Å². The Hall–Kier alpha value is -1.86. The highest BCUT2D eigenvalue weighted by Crippen LogP contribution is 2.36. The molecule has 6 nitrogen and oxygen atoms in total. The van der Waals surface area contributed by atoms with Crippen molar-refractivity contribution in [2.45, 2.75) is 50.4 Å². The van der Waals surface area contributed by atoms with Gasteiger partial charge in [-0.3, -0.25) is 0 Å². The second kappa shape index (κ2) is 12.0. The number of aliphatic hydroxyl groups is 3. The molecule has 2 rings (SSSR count). The number of carboxylic acid groups (broad SMARTS) is 1. The predicted octanol–water partition coefficient (Wildman–Crippen LogP) is 1.86. The number of hydrogen-bond donors (Lipinski definition) is 3. The summed E-state index contributed by atoms with van der Waals surface area (Å²) in [6.45, 7) is 0.0468. The Labute approximate surface area is 176 Å². The first-order valence-electron chi connectivity index (χ1n) is 9.82. The number of ether oxygens (including phenoxy) is 1. The minimum absolute atomic E-state index is 0.0234. The number of benzene rings is 1. The van der Waals surface area contributed by atoms with Crippen LogP contribution >= 0.6 is 11.6 Å². The maximum absolute atomic E-state index is 10.4. The third kappa shape index (κ3) is 8.19. The molecule has 1 aliphatic rings. The molecule has 1 fully saturated rings. The van der Waals surface area contributed by atoms with Crippen LogP contribution in [0.2, 0.25) is 5.02 Å². The molecule has 7 heteroatoms. The first kappa shape index (κ1) is 23.4. The Morgan fingerprint density at radius 2 is 2.10 bits per heavy atom. The number of carbonyl (C=O) groups excluding carboxylic acids is 1. The lowest BCUT2D eigenvalue weighted by atomic mass is 9.89. The molecule has 5 atom stereocenters. The summed E-state index contributed by atoms with van der Waals surface area (Å²) in [5, 5.41) is 41.6. The first-order valence-corrected chi connectivity index (χ1v) is 10.2. The second-order valence-electron chi connectivity index (χ2n) is 7.30. The average molecular weight is 424 g/mol. The zero-order valence-corrected chi connectivity index (χ0v) is 16.9. The van der Waals surface area contributed by atoms with Gasteiger partial charge in [0.1, 0.15) is 18.5 Å². The molecule has 1 aromatic rings. The number of aliphatic carboxylic acids is 1. The molecule has 1 unspecified atom stereocenters. The van der Waals surface area contributed by atoms with E-state index in [2.05, 4.69) is 0 Å². The third-order valence-electron chi connectivity index (χ3n) is 5.01. The van der Waals surface area contributed by atoms with E-state index < -0.39 is 24.3 Å². The lowest BCUT2D eigenvalue weighted by Crippen LogP contribution is -2.21. The fraction of sp³-hybridized carbons (Fsp3) is 0.500. The first-order chi connectivity index (χ1) is 13.9. The second-order valence-corrected chi connectivity index (χ2v) is 7.74. The number of hydrogen-bond acceptors (Lipinski definition) is 6. The highest BCUT2D eigenvalue weighted by Gasteiger charge is 2.39. The van der Waals surface area contributed by atoms with Gasteiger partial charge < -0.3 is 30.0 Å². The molecule has 0 amide bonds. The summed E-state index contributed by atoms with van der Waals surface area (Å²) >= 11 is 5.89. The molecule has 0 aromatic heterocycles. The highest BCUT2D eigenvalue weighted by atomic mass is 35.5. The molecular formula is C22H28ClO6-. The Morgan fingerprint density at radius 3 is 2.83 bits per heavy atom. The van der Waals surface area contributed by atoms with E-state index in [1.165, 1.54) is 0 Å². The molecule has 0 spiro atoms. The van der Waals surface area contributed by atoms with Gasteiger partial charge in [0.25, 0.3) is 0 Å². The molecular weight excluding hydrogens is 396 g/mol. The summed E-state index contributed by atoms with van der Waals surface area (Å²) in [5.41, 5.74) is 0. The third-order valence-corrected chi connectivity index (χ3v) is 5.25. The number of unbranched alkanes of at least 4 members (excludes halogenated alkanes) is 1. The van der Waals surface area contributed by atoms with Gasteiger partial charge in [-0.15, -0.1) is 0 Å². The van der Waals surface area contributed by atoms with Crippen LogP contribution in [-0.4, -0.2) is 46.2 Å². The monoisotopic (exact) mass is 423 g/mol. The Kier molecular flexibility index (Phi) is 9.67. The average Bonchev–Trinajstić information content (AvgIpc) is 2.93. The summed E-state index contributed by atoms with van der Waals surface area (Å²) in [6, 6.07) is 6.89. The fourth-order valence-corrected chi connectivity index (χ4v) is 3.67. The summed E-state index contributed by atoms with van der Waals surface area (Å²) < 4.78 is 5.50. The molecule has 1 aromatic carbocycles. The van der Waals surface area contributed by atoms with E-state index in [9.17, 15) is 25.2 Å². The molecule has 0 bridgehead atoms. The van der Waals surface area contributed by atoms with Crippen molar-refractivity contribution in [1.82, 2.24) is 0 Å². The van der Waals surface area contributed by atoms with Gasteiger partial charge in [0, 0.05) is 23.3 Å². The van der Waals surface area contributed by atoms with Gasteiger partial charge in [0.15, 0.2) is 0 Å². The number of aliphatic hydroxyl groups excluding tert-OH is 3. The number of allylic oxidation sites excluding steroid dienone is 2. The van der Waals surface area contributed by atoms with Crippen molar-refractivity contribution in [3.05, 3.63) is 53.6 Å². The zero-order chi connectivity index (χ0) is 21.2. The number of carboxylic acids is 1. The van der Waals surface area contributed by atoms with Crippen LogP contribution in [0.3, 0.4) is 0 Å². The maximum Gasteiger partial charge on any atom is 0.120 e. The highest BCUT2D eigenvalue weighted by molar-refractivity contribution is 6.30. The van der Waals surface area contributed by atoms with Gasteiger partial charge in [-0.2, -0.15) is 0 Å². The molecule has 1 saturated carbocycles. The molecule has 160 valence electrons. The van der Waals surface area contributed by atoms with Crippen LogP contribution in [0.4, 0.5) is 0 Å². The molecule has 0 heterocycles. The fourth-order valence-electron chi connectivity index (χ4n) is 3.49. The van der Waals surface area contributed by atoms with E-state index in [4.69, 9.17) is 16.3 Å². The van der Waals surface area contributed by atoms with Crippen LogP contribution < -0.4 is 9.84 Å². The van der Waals surface area contributed by atoms with E-state index in [1.807, 2.05) is 12.2 Å². The normalized spacial score (nSPS) is 25.7. The van der Waals surface area contributed by atoms with Crippen LogP contribution in [0.5, 0.6) is 5.75 Å². The van der Waals surface area contributed by atoms with Crippen molar-refractivity contribution < 1.29 is 30.0 Å². The van der Waals surface area contributed by atoms with Crippen molar-refractivity contribution in [2.24, 2.45) is 11.8 Å². The van der Waals surface area contributed by atoms with Crippen LogP contribution in [0.1, 0.15) is 32.1 Å². The molecule has 1 aliphatic carbocycles. The lowest BCUT2D eigenvalue weighted by molar-refractivity contribution is -0.305. The summed E-state index contributed by atoms with van der Waals surface area (Å²) in [4.78, 5) is 10.4. The molecule has 0 aliphatic heterocycles.